The molecule has 0 radical (unpaired) electrons. The predicted octanol–water partition coefficient (Wildman–Crippen LogP) is 4.19. The quantitative estimate of drug-likeness (QED) is 0.664. The van der Waals surface area contributed by atoms with Crippen LogP contribution in [0.4, 0.5) is 5.69 Å². The van der Waals surface area contributed by atoms with Crippen LogP contribution < -0.4 is 10.1 Å². The van der Waals surface area contributed by atoms with E-state index in [1.807, 2.05) is 67.6 Å². The molecule has 0 unspecified atom stereocenters. The van der Waals surface area contributed by atoms with Crippen LogP contribution in [-0.4, -0.2) is 29.0 Å². The van der Waals surface area contributed by atoms with Crippen LogP contribution in [0.2, 0.25) is 0 Å². The summed E-state index contributed by atoms with van der Waals surface area (Å²) in [6.45, 7) is 1.99. The standard InChI is InChI=1S/C20H19N3O2S/c1-14-4-3-5-16(12-14)21-19(24)13-26-20-11-10-18(22-23-20)15-6-8-17(25-2)9-7-15/h3-12H,13H2,1-2H3,(H,21,24). The molecule has 0 saturated heterocycles. The summed E-state index contributed by atoms with van der Waals surface area (Å²) in [5.74, 6) is 1.01. The van der Waals surface area contributed by atoms with Crippen molar-refractivity contribution in [1.82, 2.24) is 10.2 Å². The highest BCUT2D eigenvalue weighted by molar-refractivity contribution is 7.99. The van der Waals surface area contributed by atoms with E-state index in [-0.39, 0.29) is 11.7 Å². The Kier molecular flexibility index (Phi) is 5.86. The number of methoxy groups -OCH3 is 1. The van der Waals surface area contributed by atoms with Gasteiger partial charge in [0.15, 0.2) is 0 Å². The van der Waals surface area contributed by atoms with Gasteiger partial charge in [-0.05, 0) is 61.0 Å². The highest BCUT2D eigenvalue weighted by Gasteiger charge is 2.06. The maximum Gasteiger partial charge on any atom is 0.234 e. The molecule has 1 N–H and O–H groups in total. The minimum Gasteiger partial charge on any atom is -0.497 e. The normalized spacial score (nSPS) is 10.4. The fraction of sp³-hybridized carbons (Fsp3) is 0.150. The maximum atomic E-state index is 12.1. The van der Waals surface area contributed by atoms with E-state index in [1.54, 1.807) is 7.11 Å². The van der Waals surface area contributed by atoms with E-state index in [4.69, 9.17) is 4.74 Å². The van der Waals surface area contributed by atoms with E-state index in [0.717, 1.165) is 28.3 Å². The van der Waals surface area contributed by atoms with Gasteiger partial charge >= 0.3 is 0 Å². The highest BCUT2D eigenvalue weighted by Crippen LogP contribution is 2.22. The number of anilines is 1. The number of ether oxygens (including phenoxy) is 1. The first kappa shape index (κ1) is 17.9. The van der Waals surface area contributed by atoms with E-state index in [1.165, 1.54) is 11.8 Å². The molecule has 1 amide bonds. The van der Waals surface area contributed by atoms with Crippen molar-refractivity contribution in [3.63, 3.8) is 0 Å². The van der Waals surface area contributed by atoms with Crippen LogP contribution in [0.1, 0.15) is 5.56 Å². The number of nitrogens with one attached hydrogen (secondary N) is 1. The second-order valence-electron chi connectivity index (χ2n) is 5.69. The van der Waals surface area contributed by atoms with Gasteiger partial charge in [0.2, 0.25) is 5.91 Å². The molecule has 2 aromatic carbocycles. The summed E-state index contributed by atoms with van der Waals surface area (Å²) in [6, 6.07) is 19.1. The number of nitrogens with zero attached hydrogens (tertiary/aromatic N) is 2. The third kappa shape index (κ3) is 4.83. The third-order valence-electron chi connectivity index (χ3n) is 3.68. The number of aromatic nitrogens is 2. The molecule has 1 aromatic heterocycles. The number of benzene rings is 2. The van der Waals surface area contributed by atoms with E-state index < -0.39 is 0 Å². The van der Waals surface area contributed by atoms with Gasteiger partial charge < -0.3 is 10.1 Å². The smallest absolute Gasteiger partial charge is 0.234 e. The molecule has 0 aliphatic heterocycles. The minimum absolute atomic E-state index is 0.0679. The van der Waals surface area contributed by atoms with Crippen LogP contribution in [0.3, 0.4) is 0 Å². The first-order valence-electron chi connectivity index (χ1n) is 8.11. The summed E-state index contributed by atoms with van der Waals surface area (Å²) < 4.78 is 5.15. The van der Waals surface area contributed by atoms with E-state index >= 15 is 0 Å². The van der Waals surface area contributed by atoms with Gasteiger partial charge in [0.1, 0.15) is 10.8 Å². The predicted molar refractivity (Wildman–Crippen MR) is 105 cm³/mol. The van der Waals surface area contributed by atoms with Crippen molar-refractivity contribution in [2.45, 2.75) is 11.9 Å². The number of carbonyl (C=O) groups is 1. The minimum atomic E-state index is -0.0679. The summed E-state index contributed by atoms with van der Waals surface area (Å²) in [5, 5.41) is 12.0. The van der Waals surface area contributed by atoms with Crippen LogP contribution in [0.5, 0.6) is 5.75 Å². The molecule has 0 aliphatic carbocycles. The average Bonchev–Trinajstić information content (AvgIpc) is 2.67. The Morgan fingerprint density at radius 2 is 1.88 bits per heavy atom. The highest BCUT2D eigenvalue weighted by atomic mass is 32.2. The second-order valence-corrected chi connectivity index (χ2v) is 6.69. The Morgan fingerprint density at radius 1 is 1.08 bits per heavy atom. The van der Waals surface area contributed by atoms with Crippen molar-refractivity contribution in [3.05, 3.63) is 66.2 Å². The fourth-order valence-electron chi connectivity index (χ4n) is 2.37. The summed E-state index contributed by atoms with van der Waals surface area (Å²) in [4.78, 5) is 12.1. The van der Waals surface area contributed by atoms with Crippen LogP contribution in [0.15, 0.2) is 65.7 Å². The SMILES string of the molecule is COc1ccc(-c2ccc(SCC(=O)Nc3cccc(C)c3)nn2)cc1. The lowest BCUT2D eigenvalue weighted by atomic mass is 10.1. The summed E-state index contributed by atoms with van der Waals surface area (Å²) >= 11 is 1.36. The van der Waals surface area contributed by atoms with E-state index in [0.29, 0.717) is 5.03 Å². The van der Waals surface area contributed by atoms with Gasteiger partial charge in [0.25, 0.3) is 0 Å². The lowest BCUT2D eigenvalue weighted by Gasteiger charge is -2.06. The molecule has 0 aliphatic rings. The Bertz CT molecular complexity index is 880. The number of aryl methyl sites for hydroxylation is 1. The first-order valence-corrected chi connectivity index (χ1v) is 9.10. The van der Waals surface area contributed by atoms with Crippen molar-refractivity contribution < 1.29 is 9.53 Å². The fourth-order valence-corrected chi connectivity index (χ4v) is 2.99. The molecule has 3 aromatic rings. The molecule has 5 nitrogen and oxygen atoms in total. The molecule has 0 atom stereocenters. The van der Waals surface area contributed by atoms with Gasteiger partial charge in [-0.2, -0.15) is 0 Å². The van der Waals surface area contributed by atoms with Crippen molar-refractivity contribution in [2.75, 3.05) is 18.2 Å². The topological polar surface area (TPSA) is 64.1 Å². The maximum absolute atomic E-state index is 12.1. The molecule has 0 bridgehead atoms. The summed E-state index contributed by atoms with van der Waals surface area (Å²) in [5.41, 5.74) is 3.65. The zero-order valence-corrected chi connectivity index (χ0v) is 15.4. The molecule has 26 heavy (non-hydrogen) atoms. The molecule has 0 spiro atoms. The number of thioether (sulfide) groups is 1. The molecule has 0 fully saturated rings. The number of hydrogen-bond donors (Lipinski definition) is 1. The number of amides is 1. The van der Waals surface area contributed by atoms with Crippen LogP contribution in [0, 0.1) is 6.92 Å². The molecule has 132 valence electrons. The molecule has 6 heteroatoms. The zero-order valence-electron chi connectivity index (χ0n) is 14.6. The van der Waals surface area contributed by atoms with Gasteiger partial charge in [-0.15, -0.1) is 10.2 Å². The monoisotopic (exact) mass is 365 g/mol. The van der Waals surface area contributed by atoms with E-state index in [9.17, 15) is 4.79 Å². The molecular formula is C20H19N3O2S. The van der Waals surface area contributed by atoms with E-state index in [2.05, 4.69) is 15.5 Å². The van der Waals surface area contributed by atoms with Crippen molar-refractivity contribution in [3.8, 4) is 17.0 Å². The lowest BCUT2D eigenvalue weighted by molar-refractivity contribution is -0.113. The van der Waals surface area contributed by atoms with Crippen molar-refractivity contribution in [1.29, 1.82) is 0 Å². The van der Waals surface area contributed by atoms with Gasteiger partial charge in [0, 0.05) is 11.3 Å². The van der Waals surface area contributed by atoms with Crippen molar-refractivity contribution >= 4 is 23.4 Å². The largest absolute Gasteiger partial charge is 0.497 e. The molecular weight excluding hydrogens is 346 g/mol. The van der Waals surface area contributed by atoms with Crippen LogP contribution in [-0.2, 0) is 4.79 Å². The Morgan fingerprint density at radius 3 is 2.54 bits per heavy atom. The molecule has 0 saturated carbocycles. The zero-order chi connectivity index (χ0) is 18.4. The number of hydrogen-bond acceptors (Lipinski definition) is 5. The molecule has 3 rings (SSSR count). The second kappa shape index (κ2) is 8.49. The number of carbonyl (C=O) groups excluding carboxylic acids is 1. The van der Waals surface area contributed by atoms with Crippen LogP contribution in [0.25, 0.3) is 11.3 Å². The van der Waals surface area contributed by atoms with Gasteiger partial charge in [-0.1, -0.05) is 23.9 Å². The summed E-state index contributed by atoms with van der Waals surface area (Å²) in [7, 11) is 1.63. The van der Waals surface area contributed by atoms with Gasteiger partial charge in [-0.3, -0.25) is 4.79 Å². The third-order valence-corrected chi connectivity index (χ3v) is 4.60. The Hall–Kier alpha value is -2.86. The van der Waals surface area contributed by atoms with Gasteiger partial charge in [0.05, 0.1) is 18.6 Å². The summed E-state index contributed by atoms with van der Waals surface area (Å²) in [6.07, 6.45) is 0. The van der Waals surface area contributed by atoms with Gasteiger partial charge in [-0.25, -0.2) is 0 Å². The average molecular weight is 365 g/mol. The van der Waals surface area contributed by atoms with Crippen LogP contribution >= 0.6 is 11.8 Å². The first-order chi connectivity index (χ1) is 12.6. The Balaban J connectivity index is 1.56. The molecule has 1 heterocycles. The van der Waals surface area contributed by atoms with Crippen molar-refractivity contribution in [2.24, 2.45) is 0 Å². The number of rotatable bonds is 6. The lowest BCUT2D eigenvalue weighted by Crippen LogP contribution is -2.14. The Labute approximate surface area is 156 Å².